The van der Waals surface area contributed by atoms with Crippen molar-refractivity contribution in [2.45, 2.75) is 33.4 Å². The lowest BCUT2D eigenvalue weighted by Crippen LogP contribution is -2.05. The van der Waals surface area contributed by atoms with Gasteiger partial charge in [-0.1, -0.05) is 5.16 Å². The molecule has 1 aromatic heterocycles. The lowest BCUT2D eigenvalue weighted by atomic mass is 10.1. The standard InChI is InChI=1S/C15H18FN3O2/c1-10(2)19-7-6-13(17-19)9-21-15-8-12(16)4-5-14(15)11(3)18-20/h4-8,10,20H,9H2,1-3H3. The van der Waals surface area contributed by atoms with Gasteiger partial charge >= 0.3 is 0 Å². The lowest BCUT2D eigenvalue weighted by molar-refractivity contribution is 0.295. The van der Waals surface area contributed by atoms with Gasteiger partial charge in [0.1, 0.15) is 18.2 Å². The van der Waals surface area contributed by atoms with Crippen LogP contribution in [0, 0.1) is 5.82 Å². The van der Waals surface area contributed by atoms with E-state index < -0.39 is 5.82 Å². The van der Waals surface area contributed by atoms with Crippen molar-refractivity contribution >= 4 is 5.71 Å². The zero-order valence-corrected chi connectivity index (χ0v) is 12.2. The molecule has 0 saturated carbocycles. The molecule has 0 saturated heterocycles. The van der Waals surface area contributed by atoms with E-state index in [1.165, 1.54) is 18.2 Å². The summed E-state index contributed by atoms with van der Waals surface area (Å²) >= 11 is 0. The van der Waals surface area contributed by atoms with Crippen LogP contribution in [0.4, 0.5) is 4.39 Å². The first-order valence-corrected chi connectivity index (χ1v) is 6.66. The van der Waals surface area contributed by atoms with E-state index in [0.717, 1.165) is 5.69 Å². The molecule has 5 nitrogen and oxygen atoms in total. The van der Waals surface area contributed by atoms with Gasteiger partial charge in [0.05, 0.1) is 11.4 Å². The Bertz CT molecular complexity index is 650. The van der Waals surface area contributed by atoms with Gasteiger partial charge in [-0.3, -0.25) is 4.68 Å². The molecule has 0 atom stereocenters. The minimum absolute atomic E-state index is 0.217. The third-order valence-corrected chi connectivity index (χ3v) is 3.05. The highest BCUT2D eigenvalue weighted by Crippen LogP contribution is 2.22. The number of nitrogens with zero attached hydrogens (tertiary/aromatic N) is 3. The summed E-state index contributed by atoms with van der Waals surface area (Å²) in [6.07, 6.45) is 1.87. The molecule has 1 heterocycles. The van der Waals surface area contributed by atoms with Gasteiger partial charge in [0.15, 0.2) is 0 Å². The van der Waals surface area contributed by atoms with E-state index in [9.17, 15) is 4.39 Å². The summed E-state index contributed by atoms with van der Waals surface area (Å²) in [5.41, 5.74) is 1.65. The summed E-state index contributed by atoms with van der Waals surface area (Å²) in [6, 6.07) is 6.21. The minimum Gasteiger partial charge on any atom is -0.486 e. The maximum absolute atomic E-state index is 13.3. The average molecular weight is 291 g/mol. The second kappa shape index (κ2) is 6.39. The summed E-state index contributed by atoms with van der Waals surface area (Å²) in [5, 5.41) is 16.3. The Morgan fingerprint density at radius 1 is 1.43 bits per heavy atom. The average Bonchev–Trinajstić information content (AvgIpc) is 2.93. The van der Waals surface area contributed by atoms with Crippen molar-refractivity contribution in [3.63, 3.8) is 0 Å². The van der Waals surface area contributed by atoms with Crippen LogP contribution < -0.4 is 4.74 Å². The molecule has 0 fully saturated rings. The SMILES string of the molecule is CC(=NO)c1ccc(F)cc1OCc1ccn(C(C)C)n1. The summed E-state index contributed by atoms with van der Waals surface area (Å²) in [4.78, 5) is 0. The van der Waals surface area contributed by atoms with Crippen LogP contribution in [-0.4, -0.2) is 20.7 Å². The Morgan fingerprint density at radius 3 is 2.81 bits per heavy atom. The first-order chi connectivity index (χ1) is 10.0. The molecule has 1 N–H and O–H groups in total. The monoisotopic (exact) mass is 291 g/mol. The number of rotatable bonds is 5. The molecule has 21 heavy (non-hydrogen) atoms. The van der Waals surface area contributed by atoms with Gasteiger partial charge in [-0.2, -0.15) is 5.10 Å². The molecule has 1 aromatic carbocycles. The molecule has 0 radical (unpaired) electrons. The molecule has 0 unspecified atom stereocenters. The summed E-state index contributed by atoms with van der Waals surface area (Å²) in [7, 11) is 0. The number of hydrogen-bond donors (Lipinski definition) is 1. The Kier molecular flexibility index (Phi) is 4.57. The van der Waals surface area contributed by atoms with Crippen molar-refractivity contribution in [3.05, 3.63) is 47.5 Å². The fourth-order valence-corrected chi connectivity index (χ4v) is 1.86. The number of hydrogen-bond acceptors (Lipinski definition) is 4. The molecular formula is C15H18FN3O2. The third-order valence-electron chi connectivity index (χ3n) is 3.05. The van der Waals surface area contributed by atoms with Crippen molar-refractivity contribution in [1.82, 2.24) is 9.78 Å². The van der Waals surface area contributed by atoms with E-state index in [-0.39, 0.29) is 12.6 Å². The van der Waals surface area contributed by atoms with Crippen LogP contribution in [0.1, 0.15) is 38.1 Å². The highest BCUT2D eigenvalue weighted by molar-refractivity contribution is 6.00. The van der Waals surface area contributed by atoms with Gasteiger partial charge in [-0.25, -0.2) is 4.39 Å². The fraction of sp³-hybridized carbons (Fsp3) is 0.333. The Balaban J connectivity index is 2.17. The molecular weight excluding hydrogens is 273 g/mol. The van der Waals surface area contributed by atoms with Crippen molar-refractivity contribution in [2.24, 2.45) is 5.16 Å². The molecule has 0 bridgehead atoms. The molecule has 0 amide bonds. The van der Waals surface area contributed by atoms with Crippen molar-refractivity contribution in [2.75, 3.05) is 0 Å². The largest absolute Gasteiger partial charge is 0.486 e. The normalized spacial score (nSPS) is 12.0. The van der Waals surface area contributed by atoms with Crippen LogP contribution in [0.15, 0.2) is 35.6 Å². The first kappa shape index (κ1) is 15.0. The van der Waals surface area contributed by atoms with Gasteiger partial charge in [-0.15, -0.1) is 0 Å². The number of benzene rings is 1. The lowest BCUT2D eigenvalue weighted by Gasteiger charge is -2.10. The zero-order chi connectivity index (χ0) is 15.4. The van der Waals surface area contributed by atoms with Crippen LogP contribution in [0.3, 0.4) is 0 Å². The van der Waals surface area contributed by atoms with Crippen LogP contribution in [0.2, 0.25) is 0 Å². The maximum atomic E-state index is 13.3. The predicted molar refractivity (Wildman–Crippen MR) is 77.3 cm³/mol. The maximum Gasteiger partial charge on any atom is 0.132 e. The van der Waals surface area contributed by atoms with Gasteiger partial charge in [0.2, 0.25) is 0 Å². The second-order valence-electron chi connectivity index (χ2n) is 5.00. The smallest absolute Gasteiger partial charge is 0.132 e. The highest BCUT2D eigenvalue weighted by atomic mass is 19.1. The summed E-state index contributed by atoms with van der Waals surface area (Å²) in [5.74, 6) is -0.0865. The van der Waals surface area contributed by atoms with E-state index >= 15 is 0 Å². The van der Waals surface area contributed by atoms with Gasteiger partial charge in [0, 0.05) is 23.9 Å². The minimum atomic E-state index is -0.410. The molecule has 2 aromatic rings. The van der Waals surface area contributed by atoms with Crippen LogP contribution in [0.5, 0.6) is 5.75 Å². The van der Waals surface area contributed by atoms with E-state index in [1.54, 1.807) is 6.92 Å². The topological polar surface area (TPSA) is 59.6 Å². The fourth-order valence-electron chi connectivity index (χ4n) is 1.86. The Hall–Kier alpha value is -2.37. The second-order valence-corrected chi connectivity index (χ2v) is 5.00. The van der Waals surface area contributed by atoms with Crippen molar-refractivity contribution in [1.29, 1.82) is 0 Å². The van der Waals surface area contributed by atoms with Crippen molar-refractivity contribution < 1.29 is 14.3 Å². The first-order valence-electron chi connectivity index (χ1n) is 6.66. The molecule has 0 aliphatic rings. The number of halogens is 1. The number of aromatic nitrogens is 2. The summed E-state index contributed by atoms with van der Waals surface area (Å²) in [6.45, 7) is 5.90. The molecule has 112 valence electrons. The van der Waals surface area contributed by atoms with Crippen molar-refractivity contribution in [3.8, 4) is 5.75 Å². The van der Waals surface area contributed by atoms with Crippen LogP contribution in [-0.2, 0) is 6.61 Å². The quantitative estimate of drug-likeness (QED) is 0.522. The molecule has 0 aliphatic heterocycles. The number of oxime groups is 1. The van der Waals surface area contributed by atoms with Crippen LogP contribution in [0.25, 0.3) is 0 Å². The summed E-state index contributed by atoms with van der Waals surface area (Å²) < 4.78 is 20.8. The highest BCUT2D eigenvalue weighted by Gasteiger charge is 2.10. The zero-order valence-electron chi connectivity index (χ0n) is 12.2. The third kappa shape index (κ3) is 3.59. The van der Waals surface area contributed by atoms with E-state index in [1.807, 2.05) is 30.8 Å². The van der Waals surface area contributed by atoms with Gasteiger partial charge < -0.3 is 9.94 Å². The Morgan fingerprint density at radius 2 is 2.19 bits per heavy atom. The van der Waals surface area contributed by atoms with Gasteiger partial charge in [0.25, 0.3) is 0 Å². The predicted octanol–water partition coefficient (Wildman–Crippen LogP) is 3.38. The van der Waals surface area contributed by atoms with Gasteiger partial charge in [-0.05, 0) is 39.0 Å². The molecule has 6 heteroatoms. The van der Waals surface area contributed by atoms with E-state index in [4.69, 9.17) is 9.94 Å². The molecule has 0 spiro atoms. The molecule has 2 rings (SSSR count). The van der Waals surface area contributed by atoms with E-state index in [0.29, 0.717) is 17.0 Å². The Labute approximate surface area is 122 Å². The molecule has 0 aliphatic carbocycles. The number of ether oxygens (including phenoxy) is 1. The van der Waals surface area contributed by atoms with E-state index in [2.05, 4.69) is 10.3 Å². The van der Waals surface area contributed by atoms with Crippen LogP contribution >= 0.6 is 0 Å².